The van der Waals surface area contributed by atoms with Crippen LogP contribution >= 0.6 is 24.4 Å². The van der Waals surface area contributed by atoms with E-state index >= 15 is 0 Å². The van der Waals surface area contributed by atoms with Crippen molar-refractivity contribution < 1.29 is 27.5 Å². The number of thioether (sulfide) groups is 1. The van der Waals surface area contributed by atoms with E-state index in [0.29, 0.717) is 24.7 Å². The summed E-state index contributed by atoms with van der Waals surface area (Å²) < 4.78 is 46.3. The van der Waals surface area contributed by atoms with Crippen LogP contribution < -0.4 is 15.4 Å². The molecule has 5 rings (SSSR count). The van der Waals surface area contributed by atoms with Gasteiger partial charge < -0.3 is 15.4 Å². The number of hydrogen-bond acceptors (Lipinski definition) is 6. The molecule has 0 spiro atoms. The average molecular weight is 562 g/mol. The molecule has 0 aromatic heterocycles. The number of methoxy groups -OCH3 is 1. The van der Waals surface area contributed by atoms with Crippen LogP contribution in [0.4, 0.5) is 24.5 Å². The molecule has 6 nitrogen and oxygen atoms in total. The lowest BCUT2D eigenvalue weighted by Crippen LogP contribution is -2.31. The summed E-state index contributed by atoms with van der Waals surface area (Å²) in [5.74, 6) is -1.40. The van der Waals surface area contributed by atoms with Gasteiger partial charge in [0.2, 0.25) is 0 Å². The van der Waals surface area contributed by atoms with Gasteiger partial charge in [-0.05, 0) is 49.2 Å². The third kappa shape index (κ3) is 5.88. The molecule has 3 aromatic rings. The SMILES string of the molecule is COc1c(C(=O)N2CCCC2)cc(C(=O)N2CSc3ccccc32)cc1C(F)(F)F.Nc1ccccc1S. The minimum absolute atomic E-state index is 0.192. The number of anilines is 2. The maximum atomic E-state index is 13.8. The highest BCUT2D eigenvalue weighted by molar-refractivity contribution is 8.00. The quantitative estimate of drug-likeness (QED) is 0.294. The predicted molar refractivity (Wildman–Crippen MR) is 145 cm³/mol. The molecule has 1 saturated heterocycles. The number of likely N-dealkylation sites (tertiary alicyclic amines) is 1. The second-order valence-corrected chi connectivity index (χ2v) is 10.1. The fourth-order valence-corrected chi connectivity index (χ4v) is 5.44. The summed E-state index contributed by atoms with van der Waals surface area (Å²) in [4.78, 5) is 30.7. The maximum absolute atomic E-state index is 13.8. The number of fused-ring (bicyclic) bond motifs is 1. The van der Waals surface area contributed by atoms with Crippen molar-refractivity contribution in [2.45, 2.75) is 28.8 Å². The zero-order valence-electron chi connectivity index (χ0n) is 20.5. The van der Waals surface area contributed by atoms with E-state index in [4.69, 9.17) is 10.5 Å². The van der Waals surface area contributed by atoms with Crippen LogP contribution in [0.1, 0.15) is 39.1 Å². The normalized spacial score (nSPS) is 14.6. The molecular formula is C27H26F3N3O3S2. The lowest BCUT2D eigenvalue weighted by Gasteiger charge is -2.22. The molecule has 11 heteroatoms. The molecule has 2 aliphatic heterocycles. The molecule has 2 aliphatic rings. The number of nitrogen functional groups attached to an aromatic ring is 1. The third-order valence-electron chi connectivity index (χ3n) is 6.16. The van der Waals surface area contributed by atoms with Gasteiger partial charge in [-0.2, -0.15) is 13.2 Å². The summed E-state index contributed by atoms with van der Waals surface area (Å²) in [5, 5.41) is 0. The van der Waals surface area contributed by atoms with E-state index in [1.54, 1.807) is 12.1 Å². The van der Waals surface area contributed by atoms with Gasteiger partial charge in [-0.25, -0.2) is 0 Å². The summed E-state index contributed by atoms with van der Waals surface area (Å²) in [5.41, 5.74) is 5.26. The first-order chi connectivity index (χ1) is 18.1. The Balaban J connectivity index is 0.000000360. The summed E-state index contributed by atoms with van der Waals surface area (Å²) in [6.07, 6.45) is -3.19. The minimum Gasteiger partial charge on any atom is -0.495 e. The predicted octanol–water partition coefficient (Wildman–Crippen LogP) is 6.22. The molecule has 3 aromatic carbocycles. The topological polar surface area (TPSA) is 75.9 Å². The Bertz CT molecular complexity index is 1320. The van der Waals surface area contributed by atoms with Crippen LogP contribution in [0.2, 0.25) is 0 Å². The van der Waals surface area contributed by atoms with Gasteiger partial charge in [0.15, 0.2) is 0 Å². The van der Waals surface area contributed by atoms with E-state index in [1.165, 1.54) is 27.6 Å². The van der Waals surface area contributed by atoms with Gasteiger partial charge in [0, 0.05) is 34.1 Å². The van der Waals surface area contributed by atoms with Crippen LogP contribution in [0.3, 0.4) is 0 Å². The molecular weight excluding hydrogens is 535 g/mol. The zero-order valence-corrected chi connectivity index (χ0v) is 22.2. The van der Waals surface area contributed by atoms with Gasteiger partial charge in [0.05, 0.1) is 29.8 Å². The lowest BCUT2D eigenvalue weighted by atomic mass is 10.0. The maximum Gasteiger partial charge on any atom is 0.420 e. The van der Waals surface area contributed by atoms with E-state index in [1.807, 2.05) is 36.4 Å². The van der Waals surface area contributed by atoms with Gasteiger partial charge in [0.25, 0.3) is 11.8 Å². The summed E-state index contributed by atoms with van der Waals surface area (Å²) in [6.45, 7) is 0.940. The van der Waals surface area contributed by atoms with E-state index in [9.17, 15) is 22.8 Å². The highest BCUT2D eigenvalue weighted by atomic mass is 32.2. The van der Waals surface area contributed by atoms with E-state index < -0.39 is 29.3 Å². The van der Waals surface area contributed by atoms with Crippen molar-refractivity contribution in [2.75, 3.05) is 36.7 Å². The van der Waals surface area contributed by atoms with Gasteiger partial charge in [0.1, 0.15) is 5.75 Å². The fourth-order valence-electron chi connectivity index (χ4n) is 4.25. The molecule has 38 heavy (non-hydrogen) atoms. The Hall–Kier alpha value is -3.31. The number of ether oxygens (including phenoxy) is 1. The first kappa shape index (κ1) is 27.7. The first-order valence-electron chi connectivity index (χ1n) is 11.8. The molecule has 2 amide bonds. The number of amides is 2. The molecule has 0 unspecified atom stereocenters. The summed E-state index contributed by atoms with van der Waals surface area (Å²) in [6, 6.07) is 16.7. The third-order valence-corrected chi connectivity index (χ3v) is 7.61. The van der Waals surface area contributed by atoms with Crippen LogP contribution in [-0.4, -0.2) is 42.8 Å². The number of hydrogen-bond donors (Lipinski definition) is 2. The molecule has 200 valence electrons. The van der Waals surface area contributed by atoms with Crippen molar-refractivity contribution in [3.05, 3.63) is 77.4 Å². The Morgan fingerprint density at radius 1 is 1.00 bits per heavy atom. The number of nitrogens with two attached hydrogens (primary N) is 1. The second-order valence-electron chi connectivity index (χ2n) is 8.63. The summed E-state index contributed by atoms with van der Waals surface area (Å²) >= 11 is 5.50. The number of carbonyl (C=O) groups is 2. The smallest absolute Gasteiger partial charge is 0.420 e. The van der Waals surface area contributed by atoms with E-state index in [0.717, 1.165) is 41.5 Å². The molecule has 0 radical (unpaired) electrons. The monoisotopic (exact) mass is 561 g/mol. The number of benzene rings is 3. The average Bonchev–Trinajstić information content (AvgIpc) is 3.59. The van der Waals surface area contributed by atoms with Crippen molar-refractivity contribution in [3.8, 4) is 5.75 Å². The van der Waals surface area contributed by atoms with Crippen LogP contribution in [-0.2, 0) is 6.18 Å². The van der Waals surface area contributed by atoms with Gasteiger partial charge in [-0.3, -0.25) is 14.5 Å². The Morgan fingerprint density at radius 3 is 2.26 bits per heavy atom. The van der Waals surface area contributed by atoms with E-state index in [2.05, 4.69) is 12.6 Å². The zero-order chi connectivity index (χ0) is 27.4. The molecule has 0 aliphatic carbocycles. The van der Waals surface area contributed by atoms with Crippen molar-refractivity contribution in [2.24, 2.45) is 0 Å². The molecule has 2 heterocycles. The van der Waals surface area contributed by atoms with Crippen molar-refractivity contribution in [1.82, 2.24) is 4.90 Å². The van der Waals surface area contributed by atoms with Gasteiger partial charge in [-0.1, -0.05) is 24.3 Å². The highest BCUT2D eigenvalue weighted by Crippen LogP contribution is 2.42. The number of rotatable bonds is 3. The van der Waals surface area contributed by atoms with Crippen LogP contribution in [0.5, 0.6) is 5.75 Å². The largest absolute Gasteiger partial charge is 0.495 e. The number of halogens is 3. The number of carbonyl (C=O) groups excluding carboxylic acids is 2. The molecule has 0 bridgehead atoms. The first-order valence-corrected chi connectivity index (χ1v) is 13.2. The Kier molecular flexibility index (Phi) is 8.47. The van der Waals surface area contributed by atoms with Crippen LogP contribution in [0, 0.1) is 0 Å². The number of thiol groups is 1. The number of nitrogens with zero attached hydrogens (tertiary/aromatic N) is 2. The number of alkyl halides is 3. The molecule has 0 atom stereocenters. The minimum atomic E-state index is -4.78. The van der Waals surface area contributed by atoms with Crippen molar-refractivity contribution >= 4 is 47.6 Å². The molecule has 1 fully saturated rings. The van der Waals surface area contributed by atoms with Gasteiger partial charge >= 0.3 is 6.18 Å². The Morgan fingerprint density at radius 2 is 1.66 bits per heavy atom. The molecule has 2 N–H and O–H groups in total. The number of para-hydroxylation sites is 2. The van der Waals surface area contributed by atoms with Crippen molar-refractivity contribution in [3.63, 3.8) is 0 Å². The second kappa shape index (κ2) is 11.6. The highest BCUT2D eigenvalue weighted by Gasteiger charge is 2.39. The van der Waals surface area contributed by atoms with Crippen molar-refractivity contribution in [1.29, 1.82) is 0 Å². The fraction of sp³-hybridized carbons (Fsp3) is 0.259. The standard InChI is InChI=1S/C21H19F3N2O3S.C6H7NS/c1-29-18-14(20(28)25-8-4-5-9-25)10-13(11-15(18)21(22,23)24)19(27)26-12-30-17-7-3-2-6-16(17)26;7-5-3-1-2-4-6(5)8/h2-3,6-7,10-11H,4-5,8-9,12H2,1H3;1-4,8H,7H2. The lowest BCUT2D eigenvalue weighted by molar-refractivity contribution is -0.138. The van der Waals surface area contributed by atoms with Gasteiger partial charge in [-0.15, -0.1) is 24.4 Å². The van der Waals surface area contributed by atoms with E-state index in [-0.39, 0.29) is 11.1 Å². The molecule has 0 saturated carbocycles. The Labute approximate surface area is 228 Å². The summed E-state index contributed by atoms with van der Waals surface area (Å²) in [7, 11) is 1.10. The van der Waals surface area contributed by atoms with Crippen LogP contribution in [0.15, 0.2) is 70.5 Å². The van der Waals surface area contributed by atoms with Crippen LogP contribution in [0.25, 0.3) is 0 Å².